The van der Waals surface area contributed by atoms with Gasteiger partial charge in [0, 0.05) is 92.5 Å². The molecule has 3 amide bonds. The Morgan fingerprint density at radius 2 is 1.69 bits per heavy atom. The molecule has 1 unspecified atom stereocenters. The summed E-state index contributed by atoms with van der Waals surface area (Å²) in [5.74, 6) is 0.920. The number of piperidine rings is 2. The number of pyridine rings is 1. The lowest BCUT2D eigenvalue weighted by atomic mass is 9.97. The van der Waals surface area contributed by atoms with E-state index in [0.717, 1.165) is 112 Å². The van der Waals surface area contributed by atoms with E-state index < -0.39 is 18.7 Å². The number of amides is 3. The number of methoxy groups -OCH3 is 1. The largest absolute Gasteiger partial charge is 0.494 e. The maximum absolute atomic E-state index is 13.6. The van der Waals surface area contributed by atoms with Crippen molar-refractivity contribution in [1.82, 2.24) is 35.0 Å². The van der Waals surface area contributed by atoms with Crippen LogP contribution in [-0.4, -0.2) is 126 Å². The molecule has 4 aliphatic heterocycles. The summed E-state index contributed by atoms with van der Waals surface area (Å²) < 4.78 is 20.2. The molecule has 5 aromatic rings. The molecule has 4 fully saturated rings. The normalized spacial score (nSPS) is 20.1. The van der Waals surface area contributed by atoms with Crippen molar-refractivity contribution in [2.75, 3.05) is 81.8 Å². The first-order valence-electron chi connectivity index (χ1n) is 23.6. The van der Waals surface area contributed by atoms with Crippen LogP contribution in [0.4, 0.5) is 28.8 Å². The highest BCUT2D eigenvalue weighted by Crippen LogP contribution is 2.58. The molecule has 1 spiro atoms. The van der Waals surface area contributed by atoms with Crippen molar-refractivity contribution in [2.45, 2.75) is 75.9 Å². The monoisotopic (exact) mass is 988 g/mol. The first-order valence-corrected chi connectivity index (χ1v) is 27.0. The predicted octanol–water partition coefficient (Wildman–Crippen LogP) is 7.17. The van der Waals surface area contributed by atoms with E-state index in [1.807, 2.05) is 30.3 Å². The van der Waals surface area contributed by atoms with Crippen molar-refractivity contribution in [1.29, 1.82) is 0 Å². The summed E-state index contributed by atoms with van der Waals surface area (Å²) in [5.41, 5.74) is 7.20. The van der Waals surface area contributed by atoms with Crippen molar-refractivity contribution in [3.8, 4) is 5.75 Å². The molecular weight excluding hydrogens is 931 g/mol. The zero-order chi connectivity index (χ0) is 46.6. The maximum Gasteiger partial charge on any atom is 0.255 e. The number of carbonyl (C=O) groups is 3. The van der Waals surface area contributed by atoms with Crippen LogP contribution in [0.5, 0.6) is 5.75 Å². The Bertz CT molecular complexity index is 2820. The molecule has 0 bridgehead atoms. The number of piperazine rings is 1. The van der Waals surface area contributed by atoms with E-state index in [-0.39, 0.29) is 24.1 Å². The van der Waals surface area contributed by atoms with Crippen LogP contribution in [0, 0.1) is 0 Å². The van der Waals surface area contributed by atoms with E-state index in [0.29, 0.717) is 45.7 Å². The quantitative estimate of drug-likeness (QED) is 0.0804. The zero-order valence-electron chi connectivity index (χ0n) is 38.6. The lowest BCUT2D eigenvalue weighted by molar-refractivity contribution is -0.137. The summed E-state index contributed by atoms with van der Waals surface area (Å²) in [6, 6.07) is 18.2. The van der Waals surface area contributed by atoms with Crippen LogP contribution in [0.2, 0.25) is 0 Å². The minimum absolute atomic E-state index is 0.0812. The number of nitrogens with zero attached hydrogens (tertiary/aromatic N) is 7. The number of nitrogens with one attached hydrogen (secondary N) is 3. The average molecular weight is 990 g/mol. The molecule has 67 heavy (non-hydrogen) atoms. The van der Waals surface area contributed by atoms with Crippen LogP contribution in [0.25, 0.3) is 10.9 Å². The van der Waals surface area contributed by atoms with Crippen LogP contribution >= 0.6 is 23.1 Å². The second kappa shape index (κ2) is 18.2. The first-order chi connectivity index (χ1) is 32.3. The number of fused-ring (bicyclic) bond motifs is 3. The summed E-state index contributed by atoms with van der Waals surface area (Å²) in [5, 5.41) is 10.8. The van der Waals surface area contributed by atoms with Gasteiger partial charge in [-0.1, -0.05) is 37.3 Å². The number of hydrogen-bond acceptors (Lipinski definition) is 13. The summed E-state index contributed by atoms with van der Waals surface area (Å²) in [7, 11) is -1.02. The Labute approximate surface area is 399 Å². The molecule has 6 heterocycles. The van der Waals surface area contributed by atoms with E-state index in [2.05, 4.69) is 87.7 Å². The van der Waals surface area contributed by atoms with Crippen molar-refractivity contribution in [3.05, 3.63) is 93.7 Å². The first kappa shape index (κ1) is 45.4. The maximum atomic E-state index is 13.6. The lowest BCUT2D eigenvalue weighted by Crippen LogP contribution is -2.55. The molecule has 3 saturated heterocycles. The molecule has 15 nitrogen and oxygen atoms in total. The highest BCUT2D eigenvalue weighted by molar-refractivity contribution is 9.10. The third kappa shape index (κ3) is 8.82. The summed E-state index contributed by atoms with van der Waals surface area (Å²) in [4.78, 5) is 61.8. The summed E-state index contributed by atoms with van der Waals surface area (Å²) in [6.07, 6.45) is 9.72. The third-order valence-corrected chi connectivity index (χ3v) is 16.6. The highest BCUT2D eigenvalue weighted by Gasteiger charge is 2.61. The van der Waals surface area contributed by atoms with Crippen molar-refractivity contribution >= 4 is 85.8 Å². The Morgan fingerprint density at radius 1 is 0.910 bits per heavy atom. The molecule has 17 heteroatoms. The number of para-hydroxylation sites is 1. The number of aromatic nitrogens is 3. The van der Waals surface area contributed by atoms with Gasteiger partial charge in [0.1, 0.15) is 24.8 Å². The number of halogens is 1. The van der Waals surface area contributed by atoms with Gasteiger partial charge >= 0.3 is 0 Å². The van der Waals surface area contributed by atoms with Crippen molar-refractivity contribution in [3.63, 3.8) is 0 Å². The fourth-order valence-electron chi connectivity index (χ4n) is 10.9. The molecule has 10 rings (SSSR count). The minimum atomic E-state index is -2.71. The predicted molar refractivity (Wildman–Crippen MR) is 266 cm³/mol. The molecule has 1 aliphatic carbocycles. The van der Waals surface area contributed by atoms with Gasteiger partial charge < -0.3 is 34.6 Å². The molecule has 350 valence electrons. The Kier molecular flexibility index (Phi) is 12.4. The second-order valence-electron chi connectivity index (χ2n) is 19.0. The van der Waals surface area contributed by atoms with E-state index in [9.17, 15) is 18.9 Å². The Balaban J connectivity index is 0.741. The molecule has 5 aliphatic rings. The smallest absolute Gasteiger partial charge is 0.255 e. The molecular formula is C50H58BrN10O5P. The fraction of sp³-hybridized carbons (Fsp3) is 0.440. The van der Waals surface area contributed by atoms with Gasteiger partial charge in [0.05, 0.1) is 40.2 Å². The van der Waals surface area contributed by atoms with Crippen LogP contribution in [0.3, 0.4) is 0 Å². The molecule has 3 N–H and O–H groups in total. The Morgan fingerprint density at radius 3 is 2.40 bits per heavy atom. The lowest BCUT2D eigenvalue weighted by Gasteiger charge is -2.43. The van der Waals surface area contributed by atoms with Gasteiger partial charge in [-0.2, -0.15) is 4.98 Å². The van der Waals surface area contributed by atoms with E-state index in [1.54, 1.807) is 37.7 Å². The number of imide groups is 1. The summed E-state index contributed by atoms with van der Waals surface area (Å²) >= 11 is 3.61. The van der Waals surface area contributed by atoms with E-state index in [4.69, 9.17) is 9.72 Å². The van der Waals surface area contributed by atoms with Gasteiger partial charge in [-0.25, -0.2) is 4.98 Å². The van der Waals surface area contributed by atoms with Crippen LogP contribution in [0.15, 0.2) is 71.5 Å². The number of aryl methyl sites for hydroxylation is 1. The van der Waals surface area contributed by atoms with Crippen molar-refractivity contribution < 1.29 is 23.7 Å². The number of benzene rings is 3. The van der Waals surface area contributed by atoms with Crippen LogP contribution < -0.4 is 30.9 Å². The van der Waals surface area contributed by atoms with Gasteiger partial charge in [0.25, 0.3) is 5.91 Å². The summed E-state index contributed by atoms with van der Waals surface area (Å²) in [6.45, 7) is 12.8. The number of anilines is 5. The second-order valence-corrected chi connectivity index (χ2v) is 23.0. The fourth-order valence-corrected chi connectivity index (χ4v) is 12.7. The molecule has 3 aromatic carbocycles. The third-order valence-electron chi connectivity index (χ3n) is 14.5. The van der Waals surface area contributed by atoms with Crippen LogP contribution in [-0.2, 0) is 32.5 Å². The van der Waals surface area contributed by atoms with Gasteiger partial charge in [-0.05, 0) is 109 Å². The number of carbonyl (C=O) groups excluding carboxylic acids is 3. The zero-order valence-corrected chi connectivity index (χ0v) is 41.1. The molecule has 2 aromatic heterocycles. The topological polar surface area (TPSA) is 165 Å². The SMILES string of the molecule is CCc1cc(Nc2ncc(Br)c(Nc3cnc4ccccc4c3P(C)(C)=O)n2)c(OC)cc1N1CCC(N2CCN(CCc3ccc4c(c3)C3(CC3)N(C3CCC(=O)NC3=O)C4=O)CC2)CC1. The van der Waals surface area contributed by atoms with Gasteiger partial charge in [-0.15, -0.1) is 0 Å². The van der Waals surface area contributed by atoms with Crippen molar-refractivity contribution in [2.24, 2.45) is 0 Å². The molecule has 1 atom stereocenters. The van der Waals surface area contributed by atoms with Crippen LogP contribution in [0.1, 0.15) is 72.5 Å². The Hall–Kier alpha value is -5.41. The number of rotatable bonds is 13. The standard InChI is InChI=1S/C50H58BrN10O5P/c1-5-32-27-39(55-49-53-29-37(51)46(57-49)54-40-30-52-38-9-7-6-8-35(38)45(40)67(3,4)65)43(66-2)28-42(32)60-20-15-33(16-21-60)59-24-22-58(23-25-59)19-14-31-10-11-34-36(26-31)50(17-18-50)61(48(34)64)41-12-13-44(62)56-47(41)63/h6-11,26-30,33,41H,5,12-25H2,1-4H3,(H,56,62,63)(H2,53,54,55,57). The van der Waals surface area contributed by atoms with Gasteiger partial charge in [0.2, 0.25) is 17.8 Å². The number of hydrogen-bond donors (Lipinski definition) is 3. The molecule has 0 radical (unpaired) electrons. The van der Waals surface area contributed by atoms with E-state index in [1.165, 1.54) is 16.8 Å². The van der Waals surface area contributed by atoms with Gasteiger partial charge in [0.15, 0.2) is 0 Å². The minimum Gasteiger partial charge on any atom is -0.494 e. The average Bonchev–Trinajstić information content (AvgIpc) is 4.09. The number of ether oxygens (including phenoxy) is 1. The van der Waals surface area contributed by atoms with Gasteiger partial charge in [-0.3, -0.25) is 29.6 Å². The van der Waals surface area contributed by atoms with E-state index >= 15 is 0 Å². The highest BCUT2D eigenvalue weighted by atomic mass is 79.9. The molecule has 1 saturated carbocycles.